The summed E-state index contributed by atoms with van der Waals surface area (Å²) in [4.78, 5) is 2.34. The van der Waals surface area contributed by atoms with Gasteiger partial charge in [0.25, 0.3) is 0 Å². The van der Waals surface area contributed by atoms with E-state index in [2.05, 4.69) is 30.9 Å². The van der Waals surface area contributed by atoms with Crippen LogP contribution in [0.1, 0.15) is 31.9 Å². The van der Waals surface area contributed by atoms with Crippen LogP contribution in [0.4, 0.5) is 5.69 Å². The number of likely N-dealkylation sites (tertiary alicyclic amines) is 1. The average Bonchev–Trinajstić information content (AvgIpc) is 2.33. The van der Waals surface area contributed by atoms with Crippen LogP contribution in [0, 0.1) is 5.92 Å². The normalized spacial score (nSPS) is 27.9. The van der Waals surface area contributed by atoms with E-state index < -0.39 is 0 Å². The van der Waals surface area contributed by atoms with E-state index in [0.717, 1.165) is 25.2 Å². The van der Waals surface area contributed by atoms with E-state index >= 15 is 0 Å². The molecule has 0 aromatic heterocycles. The second-order valence-electron chi connectivity index (χ2n) is 5.17. The summed E-state index contributed by atoms with van der Waals surface area (Å²) < 4.78 is 0. The van der Waals surface area contributed by atoms with Crippen LogP contribution < -0.4 is 5.73 Å². The maximum atomic E-state index is 9.93. The van der Waals surface area contributed by atoms with Crippen LogP contribution in [0.3, 0.4) is 0 Å². The summed E-state index contributed by atoms with van der Waals surface area (Å²) in [5.74, 6) is 0.421. The highest BCUT2D eigenvalue weighted by molar-refractivity contribution is 5.40. The summed E-state index contributed by atoms with van der Waals surface area (Å²) in [6.07, 6.45) is 0.875. The van der Waals surface area contributed by atoms with E-state index in [1.807, 2.05) is 12.1 Å². The van der Waals surface area contributed by atoms with Gasteiger partial charge in [0.1, 0.15) is 0 Å². The second kappa shape index (κ2) is 5.07. The first-order valence-electron chi connectivity index (χ1n) is 6.35. The molecule has 0 amide bonds. The fraction of sp³-hybridized carbons (Fsp3) is 0.571. The molecule has 1 fully saturated rings. The van der Waals surface area contributed by atoms with Gasteiger partial charge < -0.3 is 10.8 Å². The van der Waals surface area contributed by atoms with Crippen LogP contribution in [-0.2, 0) is 0 Å². The first-order valence-corrected chi connectivity index (χ1v) is 6.35. The highest BCUT2D eigenvalue weighted by Crippen LogP contribution is 2.26. The minimum absolute atomic E-state index is 0.194. The fourth-order valence-corrected chi connectivity index (χ4v) is 2.41. The molecule has 3 nitrogen and oxygen atoms in total. The Kier molecular flexibility index (Phi) is 3.69. The topological polar surface area (TPSA) is 49.5 Å². The van der Waals surface area contributed by atoms with Crippen LogP contribution in [0.15, 0.2) is 24.3 Å². The van der Waals surface area contributed by atoms with Gasteiger partial charge in [-0.05, 0) is 43.5 Å². The lowest BCUT2D eigenvalue weighted by Gasteiger charge is -2.38. The lowest BCUT2D eigenvalue weighted by molar-refractivity contribution is 0.0129. The van der Waals surface area contributed by atoms with Crippen molar-refractivity contribution in [1.82, 2.24) is 4.90 Å². The number of nitrogen functional groups attached to an aromatic ring is 1. The van der Waals surface area contributed by atoms with Gasteiger partial charge in [-0.2, -0.15) is 0 Å². The van der Waals surface area contributed by atoms with E-state index in [1.165, 1.54) is 5.56 Å². The smallest absolute Gasteiger partial charge is 0.0693 e. The zero-order valence-corrected chi connectivity index (χ0v) is 10.6. The molecule has 1 aliphatic heterocycles. The standard InChI is InChI=1S/C14H22N2O/c1-10-7-8-16(9-14(10)17)11(2)12-3-5-13(15)6-4-12/h3-6,10-11,14,17H,7-9,15H2,1-2H3. The van der Waals surface area contributed by atoms with Crippen molar-refractivity contribution in [2.45, 2.75) is 32.4 Å². The van der Waals surface area contributed by atoms with E-state index in [4.69, 9.17) is 5.73 Å². The molecule has 0 aliphatic carbocycles. The molecule has 1 aliphatic rings. The Morgan fingerprint density at radius 1 is 1.35 bits per heavy atom. The van der Waals surface area contributed by atoms with Crippen LogP contribution >= 0.6 is 0 Å². The number of hydrogen-bond donors (Lipinski definition) is 2. The summed E-state index contributed by atoms with van der Waals surface area (Å²) >= 11 is 0. The Morgan fingerprint density at radius 3 is 2.59 bits per heavy atom. The molecule has 1 aromatic rings. The van der Waals surface area contributed by atoms with Gasteiger partial charge in [-0.1, -0.05) is 19.1 Å². The molecule has 2 rings (SSSR count). The van der Waals surface area contributed by atoms with Crippen molar-refractivity contribution < 1.29 is 5.11 Å². The van der Waals surface area contributed by atoms with Crippen LogP contribution in [-0.4, -0.2) is 29.2 Å². The number of hydrogen-bond acceptors (Lipinski definition) is 3. The van der Waals surface area contributed by atoms with Gasteiger partial charge in [0.2, 0.25) is 0 Å². The van der Waals surface area contributed by atoms with Gasteiger partial charge in [-0.25, -0.2) is 0 Å². The molecule has 0 bridgehead atoms. The average molecular weight is 234 g/mol. The quantitative estimate of drug-likeness (QED) is 0.770. The third kappa shape index (κ3) is 2.79. The molecular formula is C14H22N2O. The highest BCUT2D eigenvalue weighted by Gasteiger charge is 2.27. The van der Waals surface area contributed by atoms with Gasteiger partial charge in [0, 0.05) is 18.3 Å². The van der Waals surface area contributed by atoms with Crippen molar-refractivity contribution in [2.75, 3.05) is 18.8 Å². The molecule has 0 saturated carbocycles. The predicted molar refractivity (Wildman–Crippen MR) is 70.6 cm³/mol. The Bertz CT molecular complexity index is 363. The number of anilines is 1. The number of nitrogens with two attached hydrogens (primary N) is 1. The second-order valence-corrected chi connectivity index (χ2v) is 5.17. The largest absolute Gasteiger partial charge is 0.399 e. The molecule has 17 heavy (non-hydrogen) atoms. The Labute approximate surface area is 103 Å². The van der Waals surface area contributed by atoms with Crippen molar-refractivity contribution in [1.29, 1.82) is 0 Å². The van der Waals surface area contributed by atoms with Crippen molar-refractivity contribution in [2.24, 2.45) is 5.92 Å². The number of aliphatic hydroxyl groups is 1. The Hall–Kier alpha value is -1.06. The predicted octanol–water partition coefficient (Wildman–Crippen LogP) is 2.03. The van der Waals surface area contributed by atoms with Crippen molar-refractivity contribution >= 4 is 5.69 Å². The molecule has 3 N–H and O–H groups in total. The van der Waals surface area contributed by atoms with E-state index in [-0.39, 0.29) is 6.10 Å². The minimum atomic E-state index is -0.194. The van der Waals surface area contributed by atoms with E-state index in [1.54, 1.807) is 0 Å². The maximum absolute atomic E-state index is 9.93. The van der Waals surface area contributed by atoms with Crippen LogP contribution in [0.2, 0.25) is 0 Å². The monoisotopic (exact) mass is 234 g/mol. The summed E-state index contributed by atoms with van der Waals surface area (Å²) in [6.45, 7) is 6.14. The Morgan fingerprint density at radius 2 is 2.00 bits per heavy atom. The molecule has 1 saturated heterocycles. The van der Waals surface area contributed by atoms with Crippen LogP contribution in [0.25, 0.3) is 0 Å². The number of β-amino-alcohol motifs (C(OH)–C–C–N with tert-alkyl or cyclic N) is 1. The third-order valence-electron chi connectivity index (χ3n) is 3.92. The van der Waals surface area contributed by atoms with Crippen LogP contribution in [0.5, 0.6) is 0 Å². The first-order chi connectivity index (χ1) is 8.08. The van der Waals surface area contributed by atoms with Gasteiger partial charge in [-0.3, -0.25) is 4.90 Å². The number of nitrogens with zero attached hydrogens (tertiary/aromatic N) is 1. The van der Waals surface area contributed by atoms with E-state index in [0.29, 0.717) is 12.0 Å². The molecule has 94 valence electrons. The highest BCUT2D eigenvalue weighted by atomic mass is 16.3. The summed E-state index contributed by atoms with van der Waals surface area (Å²) in [5, 5.41) is 9.93. The molecule has 3 heteroatoms. The van der Waals surface area contributed by atoms with Crippen molar-refractivity contribution in [3.05, 3.63) is 29.8 Å². The molecule has 3 unspecified atom stereocenters. The number of benzene rings is 1. The minimum Gasteiger partial charge on any atom is -0.399 e. The summed E-state index contributed by atoms with van der Waals surface area (Å²) in [7, 11) is 0. The lowest BCUT2D eigenvalue weighted by Crippen LogP contribution is -2.43. The molecular weight excluding hydrogens is 212 g/mol. The third-order valence-corrected chi connectivity index (χ3v) is 3.92. The zero-order chi connectivity index (χ0) is 12.4. The number of piperidine rings is 1. The molecule has 0 radical (unpaired) electrons. The van der Waals surface area contributed by atoms with E-state index in [9.17, 15) is 5.11 Å². The molecule has 1 heterocycles. The van der Waals surface area contributed by atoms with Crippen molar-refractivity contribution in [3.8, 4) is 0 Å². The summed E-state index contributed by atoms with van der Waals surface area (Å²) in [6, 6.07) is 8.37. The molecule has 1 aromatic carbocycles. The maximum Gasteiger partial charge on any atom is 0.0693 e. The SMILES string of the molecule is CC1CCN(C(C)c2ccc(N)cc2)CC1O. The van der Waals surface area contributed by atoms with Gasteiger partial charge in [-0.15, -0.1) is 0 Å². The Balaban J connectivity index is 2.05. The lowest BCUT2D eigenvalue weighted by atomic mass is 9.94. The van der Waals surface area contributed by atoms with Gasteiger partial charge in [0.05, 0.1) is 6.10 Å². The zero-order valence-electron chi connectivity index (χ0n) is 10.6. The fourth-order valence-electron chi connectivity index (χ4n) is 2.41. The number of aliphatic hydroxyl groups excluding tert-OH is 1. The molecule has 3 atom stereocenters. The van der Waals surface area contributed by atoms with Gasteiger partial charge >= 0.3 is 0 Å². The summed E-state index contributed by atoms with van der Waals surface area (Å²) in [5.41, 5.74) is 7.76. The molecule has 0 spiro atoms. The number of rotatable bonds is 2. The van der Waals surface area contributed by atoms with Crippen molar-refractivity contribution in [3.63, 3.8) is 0 Å². The first kappa shape index (κ1) is 12.4. The van der Waals surface area contributed by atoms with Gasteiger partial charge in [0.15, 0.2) is 0 Å².